The van der Waals surface area contributed by atoms with Crippen LogP contribution in [0.1, 0.15) is 21.5 Å². The fourth-order valence-electron chi connectivity index (χ4n) is 3.92. The van der Waals surface area contributed by atoms with E-state index in [0.29, 0.717) is 34.5 Å². The molecule has 1 aromatic heterocycles. The van der Waals surface area contributed by atoms with E-state index in [0.717, 1.165) is 28.1 Å². The first-order valence-electron chi connectivity index (χ1n) is 11.2. The first-order valence-corrected chi connectivity index (χ1v) is 11.6. The van der Waals surface area contributed by atoms with Crippen molar-refractivity contribution in [2.75, 3.05) is 17.7 Å². The normalized spacial score (nSPS) is 12.0. The zero-order valence-electron chi connectivity index (χ0n) is 19.3. The summed E-state index contributed by atoms with van der Waals surface area (Å²) in [6, 6.07) is 19.9. The van der Waals surface area contributed by atoms with Crippen LogP contribution in [0, 0.1) is 0 Å². The Labute approximate surface area is 212 Å². The summed E-state index contributed by atoms with van der Waals surface area (Å²) in [6.07, 6.45) is 1.82. The maximum atomic E-state index is 12.6. The van der Waals surface area contributed by atoms with Crippen LogP contribution < -0.4 is 20.7 Å². The molecule has 0 spiro atoms. The first-order chi connectivity index (χ1) is 17.5. The Kier molecular flexibility index (Phi) is 6.51. The average Bonchev–Trinajstić information content (AvgIpc) is 3.02. The van der Waals surface area contributed by atoms with Crippen LogP contribution in [-0.4, -0.2) is 28.9 Å². The number of ether oxygens (including phenoxy) is 1. The number of carbonyl (C=O) groups is 2. The van der Waals surface area contributed by atoms with Crippen molar-refractivity contribution in [3.8, 4) is 17.0 Å². The van der Waals surface area contributed by atoms with E-state index < -0.39 is 0 Å². The van der Waals surface area contributed by atoms with E-state index in [4.69, 9.17) is 16.3 Å². The van der Waals surface area contributed by atoms with Crippen molar-refractivity contribution in [1.29, 1.82) is 0 Å². The van der Waals surface area contributed by atoms with E-state index in [9.17, 15) is 9.59 Å². The highest BCUT2D eigenvalue weighted by Gasteiger charge is 2.21. The lowest BCUT2D eigenvalue weighted by molar-refractivity contribution is -0.115. The molecule has 3 aromatic carbocycles. The van der Waals surface area contributed by atoms with Gasteiger partial charge in [0.05, 0.1) is 24.9 Å². The van der Waals surface area contributed by atoms with Crippen LogP contribution in [-0.2, 0) is 17.8 Å². The molecule has 0 fully saturated rings. The van der Waals surface area contributed by atoms with Gasteiger partial charge in [0.15, 0.2) is 0 Å². The third-order valence-electron chi connectivity index (χ3n) is 5.72. The van der Waals surface area contributed by atoms with Crippen molar-refractivity contribution in [3.63, 3.8) is 0 Å². The Hall–Kier alpha value is -4.43. The number of carbonyl (C=O) groups excluding carboxylic acids is 2. The number of halogens is 1. The van der Waals surface area contributed by atoms with Gasteiger partial charge in [-0.3, -0.25) is 9.59 Å². The molecule has 1 aliphatic rings. The van der Waals surface area contributed by atoms with Crippen molar-refractivity contribution in [2.45, 2.75) is 13.0 Å². The number of aromatic nitrogens is 2. The largest absolute Gasteiger partial charge is 0.497 e. The predicted molar refractivity (Wildman–Crippen MR) is 139 cm³/mol. The van der Waals surface area contributed by atoms with Gasteiger partial charge in [0.1, 0.15) is 5.75 Å². The second kappa shape index (κ2) is 10.1. The summed E-state index contributed by atoms with van der Waals surface area (Å²) in [4.78, 5) is 33.9. The van der Waals surface area contributed by atoms with Gasteiger partial charge in [-0.05, 0) is 60.2 Å². The highest BCUT2D eigenvalue weighted by Crippen LogP contribution is 2.34. The Morgan fingerprint density at radius 3 is 2.75 bits per heavy atom. The molecule has 2 amide bonds. The second-order valence-corrected chi connectivity index (χ2v) is 8.66. The van der Waals surface area contributed by atoms with Crippen LogP contribution in [0.15, 0.2) is 72.9 Å². The van der Waals surface area contributed by atoms with E-state index in [1.165, 1.54) is 0 Å². The number of hydrogen-bond acceptors (Lipinski definition) is 6. The quantitative estimate of drug-likeness (QED) is 0.346. The number of fused-ring (bicyclic) bond motifs is 3. The standard InChI is InChI=1S/C27H22ClN5O3/c1-36-21-4-2-3-16(11-21)14-29-26(35)17-5-8-20(9-6-17)31-27-30-15-18-12-24(34)32-23-13-19(28)7-10-22(23)25(18)33-27/h2-11,13,15H,12,14H2,1H3,(H,29,35)(H,32,34)(H,30,31,33). The molecule has 8 nitrogen and oxygen atoms in total. The van der Waals surface area contributed by atoms with Gasteiger partial charge >= 0.3 is 0 Å². The van der Waals surface area contributed by atoms with Gasteiger partial charge in [-0.25, -0.2) is 9.97 Å². The Balaban J connectivity index is 1.29. The van der Waals surface area contributed by atoms with Crippen LogP contribution in [0.5, 0.6) is 5.75 Å². The van der Waals surface area contributed by atoms with Crippen LogP contribution in [0.3, 0.4) is 0 Å². The second-order valence-electron chi connectivity index (χ2n) is 8.22. The molecule has 0 saturated heterocycles. The van der Waals surface area contributed by atoms with Crippen molar-refractivity contribution >= 4 is 40.7 Å². The average molecular weight is 500 g/mol. The maximum Gasteiger partial charge on any atom is 0.251 e. The minimum atomic E-state index is -0.182. The van der Waals surface area contributed by atoms with Gasteiger partial charge in [-0.2, -0.15) is 0 Å². The van der Waals surface area contributed by atoms with Gasteiger partial charge < -0.3 is 20.7 Å². The summed E-state index contributed by atoms with van der Waals surface area (Å²) in [5.41, 5.74) is 4.96. The number of anilines is 3. The van der Waals surface area contributed by atoms with Gasteiger partial charge in [0, 0.05) is 40.1 Å². The molecule has 2 heterocycles. The fraction of sp³-hybridized carbons (Fsp3) is 0.111. The Morgan fingerprint density at radius 2 is 1.94 bits per heavy atom. The van der Waals surface area contributed by atoms with Crippen LogP contribution in [0.25, 0.3) is 11.3 Å². The molecular weight excluding hydrogens is 478 g/mol. The number of hydrogen-bond donors (Lipinski definition) is 3. The summed E-state index contributed by atoms with van der Waals surface area (Å²) in [6.45, 7) is 0.392. The zero-order valence-corrected chi connectivity index (χ0v) is 20.1. The minimum absolute atomic E-state index is 0.151. The van der Waals surface area contributed by atoms with Crippen molar-refractivity contribution in [2.24, 2.45) is 0 Å². The third-order valence-corrected chi connectivity index (χ3v) is 5.95. The lowest BCUT2D eigenvalue weighted by atomic mass is 10.1. The molecule has 180 valence electrons. The number of nitrogens with one attached hydrogen (secondary N) is 3. The van der Waals surface area contributed by atoms with Crippen LogP contribution >= 0.6 is 11.6 Å². The first kappa shape index (κ1) is 23.3. The topological polar surface area (TPSA) is 105 Å². The van der Waals surface area contributed by atoms with Crippen molar-refractivity contribution in [1.82, 2.24) is 15.3 Å². The number of benzene rings is 3. The number of nitrogens with zero attached hydrogens (tertiary/aromatic N) is 2. The Bertz CT molecular complexity index is 1460. The van der Waals surface area contributed by atoms with E-state index in [1.807, 2.05) is 30.3 Å². The molecular formula is C27H22ClN5O3. The van der Waals surface area contributed by atoms with E-state index >= 15 is 0 Å². The monoisotopic (exact) mass is 499 g/mol. The SMILES string of the molecule is COc1cccc(CNC(=O)c2ccc(Nc3ncc4c(n3)-c3ccc(Cl)cc3NC(=O)C4)cc2)c1. The summed E-state index contributed by atoms with van der Waals surface area (Å²) in [7, 11) is 1.61. The molecule has 1 aliphatic heterocycles. The maximum absolute atomic E-state index is 12.6. The van der Waals surface area contributed by atoms with Gasteiger partial charge in [0.2, 0.25) is 11.9 Å². The van der Waals surface area contributed by atoms with Gasteiger partial charge in [-0.1, -0.05) is 23.7 Å². The molecule has 9 heteroatoms. The number of rotatable bonds is 6. The molecule has 0 saturated carbocycles. The van der Waals surface area contributed by atoms with Crippen LogP contribution in [0.2, 0.25) is 5.02 Å². The molecule has 0 unspecified atom stereocenters. The van der Waals surface area contributed by atoms with Gasteiger partial charge in [-0.15, -0.1) is 0 Å². The summed E-state index contributed by atoms with van der Waals surface area (Å²) in [5.74, 6) is 0.784. The van der Waals surface area contributed by atoms with Crippen molar-refractivity contribution in [3.05, 3.63) is 94.6 Å². The van der Waals surface area contributed by atoms with Gasteiger partial charge in [0.25, 0.3) is 5.91 Å². The lowest BCUT2D eigenvalue weighted by Crippen LogP contribution is -2.22. The number of amides is 2. The molecule has 0 radical (unpaired) electrons. The fourth-order valence-corrected chi connectivity index (χ4v) is 4.10. The van der Waals surface area contributed by atoms with E-state index in [-0.39, 0.29) is 18.2 Å². The highest BCUT2D eigenvalue weighted by molar-refractivity contribution is 6.31. The molecule has 0 bridgehead atoms. The molecule has 36 heavy (non-hydrogen) atoms. The molecule has 0 atom stereocenters. The zero-order chi connectivity index (χ0) is 25.1. The molecule has 3 N–H and O–H groups in total. The van der Waals surface area contributed by atoms with E-state index in [2.05, 4.69) is 25.9 Å². The lowest BCUT2D eigenvalue weighted by Gasteiger charge is -2.11. The predicted octanol–water partition coefficient (Wildman–Crippen LogP) is 4.97. The van der Waals surface area contributed by atoms with Crippen molar-refractivity contribution < 1.29 is 14.3 Å². The molecule has 0 aliphatic carbocycles. The van der Waals surface area contributed by atoms with E-state index in [1.54, 1.807) is 49.7 Å². The Morgan fingerprint density at radius 1 is 1.11 bits per heavy atom. The summed E-state index contributed by atoms with van der Waals surface area (Å²) < 4.78 is 5.22. The summed E-state index contributed by atoms with van der Waals surface area (Å²) in [5, 5.41) is 9.47. The minimum Gasteiger partial charge on any atom is -0.497 e. The van der Waals surface area contributed by atoms with Crippen LogP contribution in [0.4, 0.5) is 17.3 Å². The summed E-state index contributed by atoms with van der Waals surface area (Å²) >= 11 is 6.11. The molecule has 4 aromatic rings. The number of methoxy groups -OCH3 is 1. The third kappa shape index (κ3) is 5.13. The molecule has 5 rings (SSSR count). The smallest absolute Gasteiger partial charge is 0.251 e. The highest BCUT2D eigenvalue weighted by atomic mass is 35.5.